The van der Waals surface area contributed by atoms with Gasteiger partial charge in [-0.25, -0.2) is 0 Å². The second-order valence-electron chi connectivity index (χ2n) is 4.99. The lowest BCUT2D eigenvalue weighted by molar-refractivity contribution is -0.138. The molecule has 0 saturated carbocycles. The van der Waals surface area contributed by atoms with Gasteiger partial charge in [0, 0.05) is 18.8 Å². The molecule has 0 bridgehead atoms. The van der Waals surface area contributed by atoms with Gasteiger partial charge in [0.2, 0.25) is 0 Å². The maximum Gasteiger partial charge on any atom is 0.416 e. The monoisotopic (exact) mass is 314 g/mol. The lowest BCUT2D eigenvalue weighted by Crippen LogP contribution is -2.31. The normalized spacial score (nSPS) is 14.1. The summed E-state index contributed by atoms with van der Waals surface area (Å²) in [6.07, 6.45) is -9.13. The maximum absolute atomic E-state index is 13.0. The van der Waals surface area contributed by atoms with Gasteiger partial charge < -0.3 is 10.6 Å². The molecule has 0 saturated heterocycles. The summed E-state index contributed by atoms with van der Waals surface area (Å²) in [4.78, 5) is 0.727. The average molecular weight is 314 g/mol. The summed E-state index contributed by atoms with van der Waals surface area (Å²) in [7, 11) is 1.09. The molecule has 0 aromatic heterocycles. The first-order valence-electron chi connectivity index (χ1n) is 6.14. The summed E-state index contributed by atoms with van der Waals surface area (Å²) in [5.74, 6) is 0. The fourth-order valence-electron chi connectivity index (χ4n) is 1.95. The molecule has 8 heteroatoms. The van der Waals surface area contributed by atoms with Crippen LogP contribution in [0.2, 0.25) is 0 Å². The molecule has 1 aromatic carbocycles. The molecule has 2 N–H and O–H groups in total. The zero-order valence-electron chi connectivity index (χ0n) is 11.5. The van der Waals surface area contributed by atoms with E-state index in [2.05, 4.69) is 0 Å². The highest BCUT2D eigenvalue weighted by Crippen LogP contribution is 2.35. The van der Waals surface area contributed by atoms with Crippen molar-refractivity contribution >= 4 is 5.69 Å². The third kappa shape index (κ3) is 5.45. The lowest BCUT2D eigenvalue weighted by Gasteiger charge is -2.23. The number of anilines is 1. The Hall–Kier alpha value is -1.44. The number of hydrogen-bond donors (Lipinski definition) is 1. The van der Waals surface area contributed by atoms with Crippen molar-refractivity contribution in [3.63, 3.8) is 0 Å². The Morgan fingerprint density at radius 2 is 1.71 bits per heavy atom. The molecule has 1 rings (SSSR count). The minimum absolute atomic E-state index is 0.00188. The Morgan fingerprint density at radius 1 is 1.14 bits per heavy atom. The molecule has 0 heterocycles. The van der Waals surface area contributed by atoms with Gasteiger partial charge in [0.15, 0.2) is 0 Å². The smallest absolute Gasteiger partial charge is 0.366 e. The molecule has 1 atom stereocenters. The van der Waals surface area contributed by atoms with Crippen molar-refractivity contribution in [2.24, 2.45) is 5.73 Å². The standard InChI is InChI=1S/C13H16F6N2/c1-8(20)5-9-3-4-10(6-11(9)13(17,18)19)21(2)7-12(14,15)16/h3-4,6,8H,5,7,20H2,1-2H3. The van der Waals surface area contributed by atoms with E-state index in [0.29, 0.717) is 0 Å². The summed E-state index contributed by atoms with van der Waals surface area (Å²) in [6, 6.07) is 2.65. The predicted molar refractivity (Wildman–Crippen MR) is 68.1 cm³/mol. The van der Waals surface area contributed by atoms with Gasteiger partial charge in [0.25, 0.3) is 0 Å². The minimum atomic E-state index is -4.64. The summed E-state index contributed by atoms with van der Waals surface area (Å²) >= 11 is 0. The number of nitrogens with two attached hydrogens (primary N) is 1. The topological polar surface area (TPSA) is 29.3 Å². The van der Waals surface area contributed by atoms with Crippen molar-refractivity contribution in [2.45, 2.75) is 31.7 Å². The Morgan fingerprint density at radius 3 is 2.14 bits per heavy atom. The van der Waals surface area contributed by atoms with E-state index in [1.54, 1.807) is 6.92 Å². The first-order chi connectivity index (χ1) is 9.40. The van der Waals surface area contributed by atoms with Gasteiger partial charge >= 0.3 is 12.4 Å². The quantitative estimate of drug-likeness (QED) is 0.861. The molecule has 1 aromatic rings. The molecule has 0 amide bonds. The van der Waals surface area contributed by atoms with Gasteiger partial charge in [-0.15, -0.1) is 0 Å². The molecule has 0 aliphatic carbocycles. The molecule has 0 aliphatic rings. The second-order valence-corrected chi connectivity index (χ2v) is 4.99. The van der Waals surface area contributed by atoms with Crippen LogP contribution in [0.4, 0.5) is 32.0 Å². The average Bonchev–Trinajstić information content (AvgIpc) is 2.24. The fourth-order valence-corrected chi connectivity index (χ4v) is 1.95. The number of benzene rings is 1. The van der Waals surface area contributed by atoms with Gasteiger partial charge in [-0.1, -0.05) is 6.07 Å². The van der Waals surface area contributed by atoms with Gasteiger partial charge in [0.05, 0.1) is 5.56 Å². The Balaban J connectivity index is 3.15. The van der Waals surface area contributed by atoms with Gasteiger partial charge in [0.1, 0.15) is 6.54 Å². The van der Waals surface area contributed by atoms with Crippen molar-refractivity contribution in [3.8, 4) is 0 Å². The molecule has 0 aliphatic heterocycles. The highest BCUT2D eigenvalue weighted by Gasteiger charge is 2.35. The van der Waals surface area contributed by atoms with Crippen LogP contribution in [0.3, 0.4) is 0 Å². The molecule has 2 nitrogen and oxygen atoms in total. The first kappa shape index (κ1) is 17.6. The van der Waals surface area contributed by atoms with Crippen LogP contribution >= 0.6 is 0 Å². The number of nitrogens with zero attached hydrogens (tertiary/aromatic N) is 1. The molecular formula is C13H16F6N2. The van der Waals surface area contributed by atoms with E-state index in [0.717, 1.165) is 18.0 Å². The molecule has 120 valence electrons. The molecule has 0 radical (unpaired) electrons. The predicted octanol–water partition coefficient (Wildman–Crippen LogP) is 3.59. The highest BCUT2D eigenvalue weighted by molar-refractivity contribution is 5.51. The number of alkyl halides is 6. The summed E-state index contributed by atoms with van der Waals surface area (Å²) in [5, 5.41) is 0. The number of rotatable bonds is 4. The van der Waals surface area contributed by atoms with Crippen LogP contribution < -0.4 is 10.6 Å². The van der Waals surface area contributed by atoms with Gasteiger partial charge in [-0.3, -0.25) is 0 Å². The third-order valence-corrected chi connectivity index (χ3v) is 2.80. The second kappa shape index (κ2) is 6.13. The Labute approximate surface area is 118 Å². The van der Waals surface area contributed by atoms with Crippen LogP contribution in [0.25, 0.3) is 0 Å². The lowest BCUT2D eigenvalue weighted by atomic mass is 10.00. The largest absolute Gasteiger partial charge is 0.416 e. The SMILES string of the molecule is CC(N)Cc1ccc(N(C)CC(F)(F)F)cc1C(F)(F)F. The van der Waals surface area contributed by atoms with E-state index in [-0.39, 0.29) is 17.7 Å². The Kier molecular flexibility index (Phi) is 5.14. The van der Waals surface area contributed by atoms with E-state index in [1.165, 1.54) is 12.1 Å². The highest BCUT2D eigenvalue weighted by atomic mass is 19.4. The van der Waals surface area contributed by atoms with Crippen LogP contribution in [-0.4, -0.2) is 25.8 Å². The molecular weight excluding hydrogens is 298 g/mol. The maximum atomic E-state index is 13.0. The van der Waals surface area contributed by atoms with Crippen molar-refractivity contribution < 1.29 is 26.3 Å². The molecule has 21 heavy (non-hydrogen) atoms. The van der Waals surface area contributed by atoms with Crippen LogP contribution in [0.15, 0.2) is 18.2 Å². The van der Waals surface area contributed by atoms with E-state index in [9.17, 15) is 26.3 Å². The van der Waals surface area contributed by atoms with Crippen LogP contribution in [-0.2, 0) is 12.6 Å². The van der Waals surface area contributed by atoms with Gasteiger partial charge in [-0.2, -0.15) is 26.3 Å². The van der Waals surface area contributed by atoms with Gasteiger partial charge in [-0.05, 0) is 31.0 Å². The number of halogens is 6. The minimum Gasteiger partial charge on any atom is -0.366 e. The van der Waals surface area contributed by atoms with Crippen LogP contribution in [0.1, 0.15) is 18.1 Å². The fraction of sp³-hybridized carbons (Fsp3) is 0.538. The van der Waals surface area contributed by atoms with E-state index < -0.39 is 30.5 Å². The summed E-state index contributed by atoms with van der Waals surface area (Å²) in [6.45, 7) is 0.237. The summed E-state index contributed by atoms with van der Waals surface area (Å²) < 4.78 is 75.9. The van der Waals surface area contributed by atoms with Crippen LogP contribution in [0.5, 0.6) is 0 Å². The van der Waals surface area contributed by atoms with Crippen molar-refractivity contribution in [1.29, 1.82) is 0 Å². The van der Waals surface area contributed by atoms with Crippen molar-refractivity contribution in [3.05, 3.63) is 29.3 Å². The molecule has 0 spiro atoms. The first-order valence-corrected chi connectivity index (χ1v) is 6.14. The third-order valence-electron chi connectivity index (χ3n) is 2.80. The zero-order valence-corrected chi connectivity index (χ0v) is 11.5. The zero-order chi connectivity index (χ0) is 16.4. The van der Waals surface area contributed by atoms with Crippen molar-refractivity contribution in [1.82, 2.24) is 0 Å². The summed E-state index contributed by atoms with van der Waals surface area (Å²) in [5.41, 5.74) is 4.37. The number of hydrogen-bond acceptors (Lipinski definition) is 2. The van der Waals surface area contributed by atoms with E-state index in [1.807, 2.05) is 0 Å². The van der Waals surface area contributed by atoms with Crippen LogP contribution in [0, 0.1) is 0 Å². The van der Waals surface area contributed by atoms with E-state index >= 15 is 0 Å². The molecule has 1 unspecified atom stereocenters. The van der Waals surface area contributed by atoms with Crippen molar-refractivity contribution in [2.75, 3.05) is 18.5 Å². The molecule has 0 fully saturated rings. The Bertz CT molecular complexity index is 479. The van der Waals surface area contributed by atoms with E-state index in [4.69, 9.17) is 5.73 Å².